The van der Waals surface area contributed by atoms with Crippen LogP contribution in [0.5, 0.6) is 0 Å². The molecule has 0 rings (SSSR count). The molecule has 0 aliphatic heterocycles. The van der Waals surface area contributed by atoms with Crippen molar-refractivity contribution in [3.63, 3.8) is 0 Å². The molecule has 1 atom stereocenters. The van der Waals surface area contributed by atoms with Crippen LogP contribution in [0.3, 0.4) is 0 Å². The second kappa shape index (κ2) is 6.99. The minimum Gasteiger partial charge on any atom is -0.391 e. The van der Waals surface area contributed by atoms with Gasteiger partial charge in [-0.1, -0.05) is 6.92 Å². The molecule has 0 aromatic heterocycles. The van der Waals surface area contributed by atoms with E-state index in [4.69, 9.17) is 15.6 Å². The lowest BCUT2D eigenvalue weighted by atomic mass is 10.3. The van der Waals surface area contributed by atoms with E-state index < -0.39 is 0 Å². The lowest BCUT2D eigenvalue weighted by Crippen LogP contribution is -2.19. The van der Waals surface area contributed by atoms with E-state index in [1.54, 1.807) is 0 Å². The highest BCUT2D eigenvalue weighted by Crippen LogP contribution is 1.90. The number of ether oxygens (including phenoxy) is 1. The van der Waals surface area contributed by atoms with Gasteiger partial charge >= 0.3 is 0 Å². The Labute approximate surface area is 62.2 Å². The van der Waals surface area contributed by atoms with Gasteiger partial charge in [-0.25, -0.2) is 0 Å². The number of nitrogens with two attached hydrogens (primary N) is 1. The third-order valence-corrected chi connectivity index (χ3v) is 1.16. The molecule has 3 heteroatoms. The maximum atomic E-state index is 9.07. The Bertz CT molecular complexity index is 68.6. The highest BCUT2D eigenvalue weighted by atomic mass is 16.5. The van der Waals surface area contributed by atoms with Crippen LogP contribution in [0, 0.1) is 0 Å². The first-order valence-corrected chi connectivity index (χ1v) is 3.77. The quantitative estimate of drug-likeness (QED) is 0.525. The average molecular weight is 147 g/mol. The lowest BCUT2D eigenvalue weighted by Gasteiger charge is -2.08. The Morgan fingerprint density at radius 1 is 1.60 bits per heavy atom. The zero-order valence-corrected chi connectivity index (χ0v) is 6.55. The van der Waals surface area contributed by atoms with Crippen molar-refractivity contribution in [2.75, 3.05) is 19.8 Å². The second-order valence-electron chi connectivity index (χ2n) is 2.31. The molecule has 62 valence electrons. The van der Waals surface area contributed by atoms with Crippen LogP contribution in [-0.2, 0) is 4.74 Å². The minimum absolute atomic E-state index is 0.378. The van der Waals surface area contributed by atoms with Gasteiger partial charge in [-0.2, -0.15) is 0 Å². The van der Waals surface area contributed by atoms with E-state index >= 15 is 0 Å². The molecular formula is C7H17NO2. The highest BCUT2D eigenvalue weighted by Gasteiger charge is 2.00. The van der Waals surface area contributed by atoms with Crippen molar-refractivity contribution in [3.8, 4) is 0 Å². The Morgan fingerprint density at radius 2 is 2.30 bits per heavy atom. The minimum atomic E-state index is -0.378. The van der Waals surface area contributed by atoms with Crippen LogP contribution >= 0.6 is 0 Å². The molecule has 10 heavy (non-hydrogen) atoms. The van der Waals surface area contributed by atoms with Crippen LogP contribution in [0.4, 0.5) is 0 Å². The molecule has 0 heterocycles. The molecule has 0 amide bonds. The number of hydrogen-bond donors (Lipinski definition) is 2. The number of rotatable bonds is 6. The molecule has 0 fully saturated rings. The monoisotopic (exact) mass is 147 g/mol. The molecule has 0 aliphatic rings. The van der Waals surface area contributed by atoms with Gasteiger partial charge in [-0.3, -0.25) is 0 Å². The van der Waals surface area contributed by atoms with E-state index in [9.17, 15) is 0 Å². The molecule has 0 aromatic carbocycles. The van der Waals surface area contributed by atoms with Crippen LogP contribution in [-0.4, -0.2) is 31.0 Å². The summed E-state index contributed by atoms with van der Waals surface area (Å²) in [7, 11) is 0. The molecule has 0 bridgehead atoms. The Morgan fingerprint density at radius 3 is 2.80 bits per heavy atom. The van der Waals surface area contributed by atoms with Gasteiger partial charge in [0.05, 0.1) is 12.7 Å². The van der Waals surface area contributed by atoms with Crippen molar-refractivity contribution in [3.05, 3.63) is 0 Å². The van der Waals surface area contributed by atoms with E-state index in [1.165, 1.54) is 0 Å². The standard InChI is InChI=1S/C7H17NO2/c1-2-5-10-6-7(9)3-4-8/h7,9H,2-6,8H2,1H3. The summed E-state index contributed by atoms with van der Waals surface area (Å²) < 4.78 is 5.09. The van der Waals surface area contributed by atoms with Gasteiger partial charge in [0.2, 0.25) is 0 Å². The first-order valence-electron chi connectivity index (χ1n) is 3.77. The predicted molar refractivity (Wildman–Crippen MR) is 40.8 cm³/mol. The van der Waals surface area contributed by atoms with Crippen LogP contribution in [0.2, 0.25) is 0 Å². The van der Waals surface area contributed by atoms with Crippen LogP contribution < -0.4 is 5.73 Å². The van der Waals surface area contributed by atoms with Crippen LogP contribution in [0.25, 0.3) is 0 Å². The maximum absolute atomic E-state index is 9.07. The van der Waals surface area contributed by atoms with Gasteiger partial charge in [0, 0.05) is 6.61 Å². The molecule has 3 nitrogen and oxygen atoms in total. The first-order chi connectivity index (χ1) is 4.81. The van der Waals surface area contributed by atoms with Crippen LogP contribution in [0.15, 0.2) is 0 Å². The van der Waals surface area contributed by atoms with Crippen molar-refractivity contribution in [1.82, 2.24) is 0 Å². The summed E-state index contributed by atoms with van der Waals surface area (Å²) in [6.45, 7) is 3.71. The molecule has 0 saturated carbocycles. The van der Waals surface area contributed by atoms with Crippen LogP contribution in [0.1, 0.15) is 19.8 Å². The molecule has 0 aliphatic carbocycles. The number of hydrogen-bond acceptors (Lipinski definition) is 3. The van der Waals surface area contributed by atoms with Crippen molar-refractivity contribution in [1.29, 1.82) is 0 Å². The maximum Gasteiger partial charge on any atom is 0.0785 e. The van der Waals surface area contributed by atoms with Gasteiger partial charge in [0.15, 0.2) is 0 Å². The highest BCUT2D eigenvalue weighted by molar-refractivity contribution is 4.53. The van der Waals surface area contributed by atoms with E-state index in [0.29, 0.717) is 19.6 Å². The first kappa shape index (κ1) is 9.88. The van der Waals surface area contributed by atoms with E-state index in [-0.39, 0.29) is 6.10 Å². The zero-order valence-electron chi connectivity index (χ0n) is 6.55. The molecular weight excluding hydrogens is 130 g/mol. The fourth-order valence-corrected chi connectivity index (χ4v) is 0.639. The van der Waals surface area contributed by atoms with Gasteiger partial charge in [0.25, 0.3) is 0 Å². The van der Waals surface area contributed by atoms with Gasteiger partial charge in [-0.15, -0.1) is 0 Å². The molecule has 0 radical (unpaired) electrons. The van der Waals surface area contributed by atoms with Gasteiger partial charge in [0.1, 0.15) is 0 Å². The lowest BCUT2D eigenvalue weighted by molar-refractivity contribution is 0.0341. The summed E-state index contributed by atoms with van der Waals surface area (Å²) >= 11 is 0. The largest absolute Gasteiger partial charge is 0.391 e. The fourth-order valence-electron chi connectivity index (χ4n) is 0.639. The molecule has 0 spiro atoms. The summed E-state index contributed by atoms with van der Waals surface area (Å²) in [5.74, 6) is 0. The topological polar surface area (TPSA) is 55.5 Å². The van der Waals surface area contributed by atoms with Crippen molar-refractivity contribution < 1.29 is 9.84 Å². The molecule has 0 saturated heterocycles. The zero-order chi connectivity index (χ0) is 7.82. The summed E-state index contributed by atoms with van der Waals surface area (Å²) in [5, 5.41) is 9.07. The SMILES string of the molecule is CCCOCC(O)CCN. The Balaban J connectivity index is 2.97. The summed E-state index contributed by atoms with van der Waals surface area (Å²) in [6.07, 6.45) is 1.25. The Hall–Kier alpha value is -0.120. The normalized spacial score (nSPS) is 13.5. The second-order valence-corrected chi connectivity index (χ2v) is 2.31. The summed E-state index contributed by atoms with van der Waals surface area (Å²) in [4.78, 5) is 0. The third kappa shape index (κ3) is 6.01. The average Bonchev–Trinajstić information content (AvgIpc) is 1.89. The molecule has 1 unspecified atom stereocenters. The van der Waals surface area contributed by atoms with Gasteiger partial charge in [-0.05, 0) is 19.4 Å². The van der Waals surface area contributed by atoms with Crippen molar-refractivity contribution in [2.45, 2.75) is 25.9 Å². The smallest absolute Gasteiger partial charge is 0.0785 e. The fraction of sp³-hybridized carbons (Fsp3) is 1.00. The van der Waals surface area contributed by atoms with E-state index in [1.807, 2.05) is 6.92 Å². The molecule has 3 N–H and O–H groups in total. The predicted octanol–water partition coefficient (Wildman–Crippen LogP) is 0.123. The number of aliphatic hydroxyl groups is 1. The van der Waals surface area contributed by atoms with E-state index in [2.05, 4.69) is 0 Å². The third-order valence-electron chi connectivity index (χ3n) is 1.16. The summed E-state index contributed by atoms with van der Waals surface area (Å²) in [5.41, 5.74) is 5.22. The van der Waals surface area contributed by atoms with E-state index in [0.717, 1.165) is 13.0 Å². The van der Waals surface area contributed by atoms with Gasteiger partial charge < -0.3 is 15.6 Å². The summed E-state index contributed by atoms with van der Waals surface area (Å²) in [6, 6.07) is 0. The van der Waals surface area contributed by atoms with Crippen molar-refractivity contribution >= 4 is 0 Å². The Kier molecular flexibility index (Phi) is 6.91. The molecule has 0 aromatic rings. The van der Waals surface area contributed by atoms with Crippen molar-refractivity contribution in [2.24, 2.45) is 5.73 Å². The number of aliphatic hydroxyl groups excluding tert-OH is 1.